The van der Waals surface area contributed by atoms with Crippen LogP contribution in [0.15, 0.2) is 0 Å². The third kappa shape index (κ3) is 2.23. The monoisotopic (exact) mass is 200 g/mol. The summed E-state index contributed by atoms with van der Waals surface area (Å²) in [6.45, 7) is 2.27. The smallest absolute Gasteiger partial charge is 0.326 e. The molecule has 1 saturated heterocycles. The first kappa shape index (κ1) is 11.0. The summed E-state index contributed by atoms with van der Waals surface area (Å²) in [5.41, 5.74) is 5.59. The van der Waals surface area contributed by atoms with Crippen molar-refractivity contribution in [2.45, 2.75) is 38.3 Å². The van der Waals surface area contributed by atoms with Crippen LogP contribution in [-0.2, 0) is 9.59 Å². The second kappa shape index (κ2) is 4.41. The van der Waals surface area contributed by atoms with Gasteiger partial charge in [0.2, 0.25) is 5.91 Å². The lowest BCUT2D eigenvalue weighted by atomic mass is 10.1. The number of hydrogen-bond acceptors (Lipinski definition) is 3. The van der Waals surface area contributed by atoms with Crippen LogP contribution in [0.3, 0.4) is 0 Å². The molecule has 2 atom stereocenters. The number of hydrogen-bond donors (Lipinski definition) is 2. The molecule has 1 fully saturated rings. The number of rotatable bonds is 4. The van der Waals surface area contributed by atoms with E-state index in [-0.39, 0.29) is 18.4 Å². The summed E-state index contributed by atoms with van der Waals surface area (Å²) in [7, 11) is 0. The quantitative estimate of drug-likeness (QED) is 0.658. The van der Waals surface area contributed by atoms with Crippen molar-refractivity contribution in [2.24, 2.45) is 5.73 Å². The lowest BCUT2D eigenvalue weighted by Gasteiger charge is -2.23. The van der Waals surface area contributed by atoms with E-state index in [1.54, 1.807) is 0 Å². The number of aliphatic carboxylic acids is 1. The molecule has 5 heteroatoms. The molecule has 1 unspecified atom stereocenters. The van der Waals surface area contributed by atoms with E-state index in [9.17, 15) is 9.59 Å². The second-order valence-electron chi connectivity index (χ2n) is 3.65. The zero-order chi connectivity index (χ0) is 10.7. The highest BCUT2D eigenvalue weighted by Crippen LogP contribution is 2.16. The lowest BCUT2D eigenvalue weighted by Crippen LogP contribution is -2.43. The molecule has 0 aliphatic carbocycles. The van der Waals surface area contributed by atoms with Gasteiger partial charge in [-0.25, -0.2) is 4.79 Å². The summed E-state index contributed by atoms with van der Waals surface area (Å²) in [4.78, 5) is 23.7. The van der Waals surface area contributed by atoms with Gasteiger partial charge in [-0.1, -0.05) is 13.3 Å². The number of nitrogens with zero attached hydrogens (tertiary/aromatic N) is 1. The van der Waals surface area contributed by atoms with E-state index >= 15 is 0 Å². The Bertz CT molecular complexity index is 242. The molecule has 0 saturated carbocycles. The number of carboxylic acid groups (broad SMARTS) is 1. The van der Waals surface area contributed by atoms with Crippen molar-refractivity contribution in [1.29, 1.82) is 0 Å². The average molecular weight is 200 g/mol. The molecule has 0 spiro atoms. The lowest BCUT2D eigenvalue weighted by molar-refractivity contribution is -0.148. The first-order chi connectivity index (χ1) is 6.56. The number of carbonyl (C=O) groups excluding carboxylic acids is 1. The van der Waals surface area contributed by atoms with Gasteiger partial charge in [0, 0.05) is 19.0 Å². The van der Waals surface area contributed by atoms with E-state index in [4.69, 9.17) is 10.8 Å². The first-order valence-corrected chi connectivity index (χ1v) is 4.84. The summed E-state index contributed by atoms with van der Waals surface area (Å²) < 4.78 is 0. The van der Waals surface area contributed by atoms with Crippen LogP contribution < -0.4 is 5.73 Å². The molecule has 0 radical (unpaired) electrons. The van der Waals surface area contributed by atoms with Crippen molar-refractivity contribution in [2.75, 3.05) is 6.54 Å². The summed E-state index contributed by atoms with van der Waals surface area (Å²) in [6.07, 6.45) is 1.51. The second-order valence-corrected chi connectivity index (χ2v) is 3.65. The zero-order valence-electron chi connectivity index (χ0n) is 8.27. The van der Waals surface area contributed by atoms with Crippen molar-refractivity contribution in [3.05, 3.63) is 0 Å². The van der Waals surface area contributed by atoms with Crippen molar-refractivity contribution in [3.63, 3.8) is 0 Å². The van der Waals surface area contributed by atoms with Gasteiger partial charge >= 0.3 is 5.97 Å². The van der Waals surface area contributed by atoms with Gasteiger partial charge in [-0.3, -0.25) is 4.79 Å². The normalized spacial score (nSPS) is 24.0. The molecular formula is C9H16N2O3. The van der Waals surface area contributed by atoms with Gasteiger partial charge < -0.3 is 15.7 Å². The minimum Gasteiger partial charge on any atom is -0.480 e. The van der Waals surface area contributed by atoms with Crippen LogP contribution in [0.2, 0.25) is 0 Å². The maximum Gasteiger partial charge on any atom is 0.326 e. The maximum absolute atomic E-state index is 11.4. The fraction of sp³-hybridized carbons (Fsp3) is 0.778. The Morgan fingerprint density at radius 1 is 1.79 bits per heavy atom. The maximum atomic E-state index is 11.4. The number of carbonyl (C=O) groups is 2. The Labute approximate surface area is 82.9 Å². The van der Waals surface area contributed by atoms with E-state index in [1.165, 1.54) is 4.90 Å². The van der Waals surface area contributed by atoms with Gasteiger partial charge in [0.25, 0.3) is 0 Å². The summed E-state index contributed by atoms with van der Waals surface area (Å²) in [6, 6.07) is -0.901. The molecule has 5 nitrogen and oxygen atoms in total. The number of nitrogens with two attached hydrogens (primary N) is 1. The standard InChI is InChI=1S/C9H16N2O3/c1-2-3-7(9(13)14)11-5-6(10)4-8(11)12/h6-7H,2-5,10H2,1H3,(H,13,14)/t6?,7-/m0/s1. The molecule has 80 valence electrons. The molecule has 14 heavy (non-hydrogen) atoms. The van der Waals surface area contributed by atoms with Crippen LogP contribution in [0.1, 0.15) is 26.2 Å². The minimum atomic E-state index is -0.936. The predicted molar refractivity (Wildman–Crippen MR) is 50.6 cm³/mol. The van der Waals surface area contributed by atoms with Crippen molar-refractivity contribution in [3.8, 4) is 0 Å². The van der Waals surface area contributed by atoms with Crippen LogP contribution in [0, 0.1) is 0 Å². The highest BCUT2D eigenvalue weighted by molar-refractivity contribution is 5.85. The summed E-state index contributed by atoms with van der Waals surface area (Å²) in [5.74, 6) is -1.08. The highest BCUT2D eigenvalue weighted by atomic mass is 16.4. The summed E-state index contributed by atoms with van der Waals surface area (Å²) in [5, 5.41) is 8.93. The van der Waals surface area contributed by atoms with Crippen LogP contribution in [0.25, 0.3) is 0 Å². The first-order valence-electron chi connectivity index (χ1n) is 4.84. The van der Waals surface area contributed by atoms with Crippen molar-refractivity contribution < 1.29 is 14.7 Å². The minimum absolute atomic E-state index is 0.140. The highest BCUT2D eigenvalue weighted by Gasteiger charge is 2.35. The van der Waals surface area contributed by atoms with Gasteiger partial charge in [0.15, 0.2) is 0 Å². The fourth-order valence-corrected chi connectivity index (χ4v) is 1.75. The van der Waals surface area contributed by atoms with E-state index in [0.29, 0.717) is 13.0 Å². The molecule has 0 bridgehead atoms. The number of amides is 1. The van der Waals surface area contributed by atoms with E-state index in [0.717, 1.165) is 6.42 Å². The van der Waals surface area contributed by atoms with Gasteiger partial charge in [0.1, 0.15) is 6.04 Å². The molecule has 3 N–H and O–H groups in total. The zero-order valence-corrected chi connectivity index (χ0v) is 8.27. The Kier molecular flexibility index (Phi) is 3.46. The number of carboxylic acids is 1. The Balaban J connectivity index is 2.68. The molecule has 1 rings (SSSR count). The van der Waals surface area contributed by atoms with Crippen LogP contribution in [0.5, 0.6) is 0 Å². The van der Waals surface area contributed by atoms with Gasteiger partial charge in [-0.05, 0) is 6.42 Å². The van der Waals surface area contributed by atoms with Crippen molar-refractivity contribution in [1.82, 2.24) is 4.90 Å². The molecular weight excluding hydrogens is 184 g/mol. The number of likely N-dealkylation sites (tertiary alicyclic amines) is 1. The third-order valence-electron chi connectivity index (χ3n) is 2.41. The molecule has 1 heterocycles. The van der Waals surface area contributed by atoms with Gasteiger partial charge in [0.05, 0.1) is 0 Å². The van der Waals surface area contributed by atoms with Crippen molar-refractivity contribution >= 4 is 11.9 Å². The van der Waals surface area contributed by atoms with E-state index in [1.807, 2.05) is 6.92 Å². The molecule has 1 amide bonds. The van der Waals surface area contributed by atoms with E-state index in [2.05, 4.69) is 0 Å². The molecule has 1 aliphatic heterocycles. The van der Waals surface area contributed by atoms with E-state index < -0.39 is 12.0 Å². The predicted octanol–water partition coefficient (Wildman–Crippen LogP) is -0.201. The third-order valence-corrected chi connectivity index (χ3v) is 2.41. The Morgan fingerprint density at radius 2 is 2.43 bits per heavy atom. The molecule has 1 aliphatic rings. The Hall–Kier alpha value is -1.10. The summed E-state index contributed by atoms with van der Waals surface area (Å²) >= 11 is 0. The largest absolute Gasteiger partial charge is 0.480 e. The van der Waals surface area contributed by atoms with Crippen LogP contribution in [0.4, 0.5) is 0 Å². The Morgan fingerprint density at radius 3 is 2.79 bits per heavy atom. The fourth-order valence-electron chi connectivity index (χ4n) is 1.75. The van der Waals surface area contributed by atoms with Crippen LogP contribution in [-0.4, -0.2) is 40.5 Å². The molecule has 0 aromatic rings. The van der Waals surface area contributed by atoms with Crippen LogP contribution >= 0.6 is 0 Å². The average Bonchev–Trinajstić information content (AvgIpc) is 2.40. The SMILES string of the molecule is CCC[C@@H](C(=O)O)N1CC(N)CC1=O. The van der Waals surface area contributed by atoms with Gasteiger partial charge in [-0.2, -0.15) is 0 Å². The molecule has 0 aromatic heterocycles. The molecule has 0 aromatic carbocycles. The topological polar surface area (TPSA) is 83.6 Å². The van der Waals surface area contributed by atoms with Gasteiger partial charge in [-0.15, -0.1) is 0 Å².